The van der Waals surface area contributed by atoms with Crippen LogP contribution in [0.3, 0.4) is 0 Å². The maximum Gasteiger partial charge on any atom is 0.340 e. The van der Waals surface area contributed by atoms with Crippen molar-refractivity contribution in [1.29, 1.82) is 0 Å². The number of carbonyl (C=O) groups excluding carboxylic acids is 1. The first-order valence-electron chi connectivity index (χ1n) is 5.92. The number of hydrogen-bond acceptors (Lipinski definition) is 2. The molecule has 0 unspecified atom stereocenters. The number of hydrogen-bond donors (Lipinski definition) is 0. The molecular formula is C14H13BrO2. The molecule has 1 heterocycles. The number of ether oxygens (including phenoxy) is 1. The summed E-state index contributed by atoms with van der Waals surface area (Å²) in [6, 6.07) is 9.73. The van der Waals surface area contributed by atoms with E-state index in [0.717, 1.165) is 35.7 Å². The van der Waals surface area contributed by atoms with Crippen LogP contribution in [-0.2, 0) is 9.53 Å². The van der Waals surface area contributed by atoms with Crippen molar-refractivity contribution in [2.45, 2.75) is 31.3 Å². The first-order chi connectivity index (χ1) is 8.23. The molecule has 0 bridgehead atoms. The maximum atomic E-state index is 12.0. The molecule has 0 atom stereocenters. The van der Waals surface area contributed by atoms with Crippen LogP contribution in [0.25, 0.3) is 5.57 Å². The van der Waals surface area contributed by atoms with E-state index in [1.807, 2.05) is 30.3 Å². The summed E-state index contributed by atoms with van der Waals surface area (Å²) >= 11 is 3.60. The molecule has 0 saturated heterocycles. The highest BCUT2D eigenvalue weighted by Crippen LogP contribution is 2.50. The topological polar surface area (TPSA) is 26.3 Å². The molecule has 17 heavy (non-hydrogen) atoms. The smallest absolute Gasteiger partial charge is 0.340 e. The summed E-state index contributed by atoms with van der Waals surface area (Å²) in [4.78, 5) is 12.0. The third-order valence-electron chi connectivity index (χ3n) is 3.59. The lowest BCUT2D eigenvalue weighted by Gasteiger charge is -2.22. The van der Waals surface area contributed by atoms with E-state index in [1.165, 1.54) is 0 Å². The number of rotatable bonds is 1. The lowest BCUT2D eigenvalue weighted by molar-refractivity contribution is -0.144. The van der Waals surface area contributed by atoms with Crippen LogP contribution in [-0.4, -0.2) is 11.6 Å². The Morgan fingerprint density at radius 1 is 1.12 bits per heavy atom. The second kappa shape index (κ2) is 3.98. The van der Waals surface area contributed by atoms with Gasteiger partial charge in [-0.25, -0.2) is 4.79 Å². The van der Waals surface area contributed by atoms with Crippen LogP contribution in [0, 0.1) is 0 Å². The third kappa shape index (κ3) is 1.64. The fourth-order valence-electron chi connectivity index (χ4n) is 2.71. The molecule has 2 nitrogen and oxygen atoms in total. The summed E-state index contributed by atoms with van der Waals surface area (Å²) in [6.45, 7) is 0. The fourth-order valence-corrected chi connectivity index (χ4v) is 3.58. The predicted molar refractivity (Wildman–Crippen MR) is 69.6 cm³/mol. The van der Waals surface area contributed by atoms with E-state index in [1.54, 1.807) is 0 Å². The lowest BCUT2D eigenvalue weighted by Crippen LogP contribution is -2.25. The normalized spacial score (nSPS) is 22.3. The van der Waals surface area contributed by atoms with E-state index < -0.39 is 0 Å². The first-order valence-corrected chi connectivity index (χ1v) is 6.71. The summed E-state index contributed by atoms with van der Waals surface area (Å²) in [7, 11) is 0. The van der Waals surface area contributed by atoms with Crippen molar-refractivity contribution in [3.8, 4) is 0 Å². The van der Waals surface area contributed by atoms with Gasteiger partial charge in [0.1, 0.15) is 5.60 Å². The molecule has 1 spiro atoms. The Hall–Kier alpha value is -1.09. The highest BCUT2D eigenvalue weighted by molar-refractivity contribution is 9.12. The van der Waals surface area contributed by atoms with Gasteiger partial charge in [-0.1, -0.05) is 46.3 Å². The highest BCUT2D eigenvalue weighted by atomic mass is 79.9. The molecule has 1 aromatic rings. The molecule has 0 radical (unpaired) electrons. The second-order valence-corrected chi connectivity index (χ2v) is 5.44. The number of benzene rings is 1. The van der Waals surface area contributed by atoms with Gasteiger partial charge in [-0.2, -0.15) is 0 Å². The fraction of sp³-hybridized carbons (Fsp3) is 0.357. The highest BCUT2D eigenvalue weighted by Gasteiger charge is 2.48. The van der Waals surface area contributed by atoms with Crippen LogP contribution in [0.2, 0.25) is 0 Å². The van der Waals surface area contributed by atoms with E-state index in [0.29, 0.717) is 5.57 Å². The van der Waals surface area contributed by atoms with Crippen molar-refractivity contribution >= 4 is 27.5 Å². The van der Waals surface area contributed by atoms with E-state index in [-0.39, 0.29) is 11.6 Å². The molecule has 0 aromatic heterocycles. The molecule has 1 aliphatic heterocycles. The summed E-state index contributed by atoms with van der Waals surface area (Å²) in [6.07, 6.45) is 4.14. The van der Waals surface area contributed by atoms with Gasteiger partial charge < -0.3 is 4.74 Å². The Morgan fingerprint density at radius 3 is 2.41 bits per heavy atom. The molecule has 3 rings (SSSR count). The molecule has 3 heteroatoms. The van der Waals surface area contributed by atoms with Crippen molar-refractivity contribution in [3.63, 3.8) is 0 Å². The van der Waals surface area contributed by atoms with Crippen molar-refractivity contribution in [1.82, 2.24) is 0 Å². The Kier molecular flexibility index (Phi) is 2.58. The largest absolute Gasteiger partial charge is 0.450 e. The molecule has 88 valence electrons. The van der Waals surface area contributed by atoms with Gasteiger partial charge >= 0.3 is 5.97 Å². The lowest BCUT2D eigenvalue weighted by atomic mass is 9.98. The minimum absolute atomic E-state index is 0.190. The molecule has 1 fully saturated rings. The van der Waals surface area contributed by atoms with Gasteiger partial charge in [-0.3, -0.25) is 0 Å². The van der Waals surface area contributed by atoms with Crippen LogP contribution in [0.15, 0.2) is 34.8 Å². The number of carbonyl (C=O) groups is 1. The number of halogens is 1. The molecule has 0 amide bonds. The summed E-state index contributed by atoms with van der Waals surface area (Å²) < 4.78 is 6.57. The SMILES string of the molecule is O=C1OC2(CCCC2)C(Br)=C1c1ccccc1. The predicted octanol–water partition coefficient (Wildman–Crippen LogP) is 3.66. The zero-order chi connectivity index (χ0) is 11.9. The van der Waals surface area contributed by atoms with Crippen LogP contribution in [0.1, 0.15) is 31.2 Å². The molecule has 2 aliphatic rings. The van der Waals surface area contributed by atoms with E-state index in [4.69, 9.17) is 4.74 Å². The molecule has 0 N–H and O–H groups in total. The average Bonchev–Trinajstić information content (AvgIpc) is 2.88. The van der Waals surface area contributed by atoms with Gasteiger partial charge in [0, 0.05) is 0 Å². The Morgan fingerprint density at radius 2 is 1.76 bits per heavy atom. The Balaban J connectivity index is 2.09. The van der Waals surface area contributed by atoms with Crippen molar-refractivity contribution < 1.29 is 9.53 Å². The minimum atomic E-state index is -0.359. The average molecular weight is 293 g/mol. The molecule has 1 aliphatic carbocycles. The zero-order valence-electron chi connectivity index (χ0n) is 9.41. The van der Waals surface area contributed by atoms with Gasteiger partial charge in [0.25, 0.3) is 0 Å². The van der Waals surface area contributed by atoms with Crippen molar-refractivity contribution in [2.75, 3.05) is 0 Å². The quantitative estimate of drug-likeness (QED) is 0.739. The van der Waals surface area contributed by atoms with E-state index in [2.05, 4.69) is 15.9 Å². The molecule has 1 aromatic carbocycles. The molecular weight excluding hydrogens is 280 g/mol. The van der Waals surface area contributed by atoms with Crippen LogP contribution in [0.5, 0.6) is 0 Å². The standard InChI is InChI=1S/C14H13BrO2/c15-12-11(10-6-2-1-3-7-10)13(16)17-14(12)8-4-5-9-14/h1-3,6-7H,4-5,8-9H2. The van der Waals surface area contributed by atoms with Gasteiger partial charge in [0.05, 0.1) is 10.1 Å². The van der Waals surface area contributed by atoms with E-state index >= 15 is 0 Å². The summed E-state index contributed by atoms with van der Waals surface area (Å²) in [5.41, 5.74) is 1.28. The minimum Gasteiger partial charge on any atom is -0.450 e. The van der Waals surface area contributed by atoms with Gasteiger partial charge in [-0.05, 0) is 31.2 Å². The maximum absolute atomic E-state index is 12.0. The Labute approximate surface area is 109 Å². The second-order valence-electron chi connectivity index (χ2n) is 4.65. The zero-order valence-corrected chi connectivity index (χ0v) is 11.0. The van der Waals surface area contributed by atoms with E-state index in [9.17, 15) is 4.79 Å². The Bertz CT molecular complexity index is 484. The van der Waals surface area contributed by atoms with Crippen LogP contribution >= 0.6 is 15.9 Å². The van der Waals surface area contributed by atoms with Gasteiger partial charge in [0.2, 0.25) is 0 Å². The van der Waals surface area contributed by atoms with Crippen molar-refractivity contribution in [2.24, 2.45) is 0 Å². The first kappa shape index (κ1) is 11.0. The van der Waals surface area contributed by atoms with Gasteiger partial charge in [-0.15, -0.1) is 0 Å². The molecule has 1 saturated carbocycles. The van der Waals surface area contributed by atoms with Crippen LogP contribution in [0.4, 0.5) is 0 Å². The van der Waals surface area contributed by atoms with Crippen molar-refractivity contribution in [3.05, 3.63) is 40.4 Å². The summed E-state index contributed by atoms with van der Waals surface area (Å²) in [5, 5.41) is 0. The number of esters is 1. The monoisotopic (exact) mass is 292 g/mol. The summed E-state index contributed by atoms with van der Waals surface area (Å²) in [5.74, 6) is -0.190. The third-order valence-corrected chi connectivity index (χ3v) is 4.70. The van der Waals surface area contributed by atoms with Crippen LogP contribution < -0.4 is 0 Å². The van der Waals surface area contributed by atoms with Gasteiger partial charge in [0.15, 0.2) is 0 Å².